The van der Waals surface area contributed by atoms with Gasteiger partial charge in [-0.25, -0.2) is 4.98 Å². The zero-order chi connectivity index (χ0) is 20.2. The third-order valence-corrected chi connectivity index (χ3v) is 6.17. The highest BCUT2D eigenvalue weighted by molar-refractivity contribution is 7.16. The summed E-state index contributed by atoms with van der Waals surface area (Å²) in [5, 5.41) is 6.46. The number of carbonyl (C=O) groups is 2. The van der Waals surface area contributed by atoms with E-state index in [0.717, 1.165) is 35.4 Å². The molecule has 2 N–H and O–H groups in total. The average Bonchev–Trinajstić information content (AvgIpc) is 3.29. The van der Waals surface area contributed by atoms with Crippen molar-refractivity contribution in [1.82, 2.24) is 10.3 Å². The molecule has 0 spiro atoms. The van der Waals surface area contributed by atoms with Gasteiger partial charge < -0.3 is 5.32 Å². The number of nitrogens with zero attached hydrogens (tertiary/aromatic N) is 1. The Hall–Kier alpha value is -2.99. The summed E-state index contributed by atoms with van der Waals surface area (Å²) < 4.78 is 0. The van der Waals surface area contributed by atoms with Gasteiger partial charge in [0.1, 0.15) is 0 Å². The van der Waals surface area contributed by atoms with Gasteiger partial charge in [-0.3, -0.25) is 14.9 Å². The van der Waals surface area contributed by atoms with Crippen LogP contribution in [0.1, 0.15) is 44.4 Å². The summed E-state index contributed by atoms with van der Waals surface area (Å²) in [6.45, 7) is 2.59. The van der Waals surface area contributed by atoms with E-state index in [2.05, 4.69) is 27.8 Å². The van der Waals surface area contributed by atoms with Crippen LogP contribution in [0, 0.1) is 6.92 Å². The summed E-state index contributed by atoms with van der Waals surface area (Å²) in [4.78, 5) is 30.7. The number of hydrogen-bond acceptors (Lipinski definition) is 4. The number of carbonyl (C=O) groups excluding carboxylic acids is 2. The third-order valence-electron chi connectivity index (χ3n) is 5.12. The Morgan fingerprint density at radius 1 is 1.10 bits per heavy atom. The van der Waals surface area contributed by atoms with Crippen LogP contribution in [0.5, 0.6) is 0 Å². The number of thiazole rings is 1. The Labute approximate surface area is 174 Å². The topological polar surface area (TPSA) is 71.1 Å². The Morgan fingerprint density at radius 2 is 1.86 bits per heavy atom. The largest absolute Gasteiger partial charge is 0.355 e. The number of aromatic nitrogens is 1. The van der Waals surface area contributed by atoms with Crippen molar-refractivity contribution in [2.45, 2.75) is 32.1 Å². The van der Waals surface area contributed by atoms with Crippen LogP contribution < -0.4 is 10.6 Å². The van der Waals surface area contributed by atoms with Crippen molar-refractivity contribution < 1.29 is 9.59 Å². The lowest BCUT2D eigenvalue weighted by atomic mass is 10.1. The Kier molecular flexibility index (Phi) is 5.71. The van der Waals surface area contributed by atoms with Gasteiger partial charge in [-0.15, -0.1) is 11.3 Å². The molecule has 0 radical (unpaired) electrons. The number of hydrogen-bond donors (Lipinski definition) is 2. The summed E-state index contributed by atoms with van der Waals surface area (Å²) in [5.74, 6) is -0.398. The molecule has 0 unspecified atom stereocenters. The minimum Gasteiger partial charge on any atom is -0.355 e. The van der Waals surface area contributed by atoms with Gasteiger partial charge in [0.05, 0.1) is 11.6 Å². The Bertz CT molecular complexity index is 1010. The van der Waals surface area contributed by atoms with Crippen molar-refractivity contribution in [3.05, 3.63) is 81.9 Å². The fraction of sp³-hybridized carbons (Fsp3) is 0.261. The Morgan fingerprint density at radius 3 is 2.62 bits per heavy atom. The molecule has 5 nitrogen and oxygen atoms in total. The molecule has 29 heavy (non-hydrogen) atoms. The summed E-state index contributed by atoms with van der Waals surface area (Å²) in [5.41, 5.74) is 3.72. The van der Waals surface area contributed by atoms with E-state index in [0.29, 0.717) is 17.2 Å². The van der Waals surface area contributed by atoms with Crippen LogP contribution in [0.2, 0.25) is 0 Å². The van der Waals surface area contributed by atoms with Crippen LogP contribution in [0.15, 0.2) is 54.6 Å². The van der Waals surface area contributed by atoms with Crippen molar-refractivity contribution in [2.75, 3.05) is 11.9 Å². The highest BCUT2D eigenvalue weighted by atomic mass is 32.1. The molecule has 1 heterocycles. The van der Waals surface area contributed by atoms with Gasteiger partial charge in [0.2, 0.25) is 5.91 Å². The zero-order valence-electron chi connectivity index (χ0n) is 16.3. The lowest BCUT2D eigenvalue weighted by Crippen LogP contribution is -2.30. The van der Waals surface area contributed by atoms with Gasteiger partial charge in [-0.05, 0) is 43.9 Å². The van der Waals surface area contributed by atoms with Gasteiger partial charge in [0.25, 0.3) is 5.91 Å². The van der Waals surface area contributed by atoms with Crippen LogP contribution in [-0.2, 0) is 17.6 Å². The van der Waals surface area contributed by atoms with Gasteiger partial charge in [0, 0.05) is 17.0 Å². The van der Waals surface area contributed by atoms with E-state index in [1.165, 1.54) is 16.9 Å². The van der Waals surface area contributed by atoms with E-state index in [1.807, 2.05) is 37.3 Å². The fourth-order valence-electron chi connectivity index (χ4n) is 3.51. The van der Waals surface area contributed by atoms with Crippen molar-refractivity contribution in [3.63, 3.8) is 0 Å². The number of nitrogens with one attached hydrogen (secondary N) is 2. The van der Waals surface area contributed by atoms with Crippen LogP contribution in [0.3, 0.4) is 0 Å². The highest BCUT2D eigenvalue weighted by Crippen LogP contribution is 2.38. The smallest absolute Gasteiger partial charge is 0.257 e. The van der Waals surface area contributed by atoms with E-state index in [9.17, 15) is 9.59 Å². The van der Waals surface area contributed by atoms with E-state index in [1.54, 1.807) is 12.1 Å². The van der Waals surface area contributed by atoms with Gasteiger partial charge >= 0.3 is 0 Å². The molecule has 0 aliphatic heterocycles. The molecule has 3 aromatic rings. The van der Waals surface area contributed by atoms with Crippen molar-refractivity contribution in [2.24, 2.45) is 0 Å². The minimum atomic E-state index is -0.234. The molecule has 0 saturated carbocycles. The van der Waals surface area contributed by atoms with Crippen LogP contribution >= 0.6 is 11.3 Å². The molecule has 2 amide bonds. The quantitative estimate of drug-likeness (QED) is 0.649. The summed E-state index contributed by atoms with van der Waals surface area (Å²) in [7, 11) is 0. The molecule has 1 aliphatic rings. The molecule has 1 aliphatic carbocycles. The van der Waals surface area contributed by atoms with Gasteiger partial charge in [0.15, 0.2) is 5.13 Å². The molecule has 2 aromatic carbocycles. The molecule has 0 bridgehead atoms. The molecule has 4 rings (SSSR count). The maximum atomic E-state index is 12.6. The molecular weight excluding hydrogens is 382 g/mol. The number of rotatable bonds is 6. The van der Waals surface area contributed by atoms with E-state index in [-0.39, 0.29) is 17.7 Å². The SMILES string of the molecule is Cc1ccc(C(=O)Nc2nc3c(s2)CC[C@H]3C(=O)NCCc2ccccc2)cc1. The fourth-order valence-corrected chi connectivity index (χ4v) is 4.54. The second-order valence-electron chi connectivity index (χ2n) is 7.27. The summed E-state index contributed by atoms with van der Waals surface area (Å²) in [6, 6.07) is 17.5. The average molecular weight is 406 g/mol. The number of fused-ring (bicyclic) bond motifs is 1. The number of benzene rings is 2. The maximum Gasteiger partial charge on any atom is 0.257 e. The minimum absolute atomic E-state index is 0.0152. The lowest BCUT2D eigenvalue weighted by molar-refractivity contribution is -0.122. The molecule has 0 fully saturated rings. The maximum absolute atomic E-state index is 12.6. The second-order valence-corrected chi connectivity index (χ2v) is 8.35. The monoisotopic (exact) mass is 405 g/mol. The van der Waals surface area contributed by atoms with Crippen LogP contribution in [0.4, 0.5) is 5.13 Å². The van der Waals surface area contributed by atoms with Crippen molar-refractivity contribution >= 4 is 28.3 Å². The van der Waals surface area contributed by atoms with E-state index in [4.69, 9.17) is 0 Å². The first-order valence-corrected chi connectivity index (χ1v) is 10.6. The van der Waals surface area contributed by atoms with Crippen LogP contribution in [0.25, 0.3) is 0 Å². The molecule has 6 heteroatoms. The first kappa shape index (κ1) is 19.3. The zero-order valence-corrected chi connectivity index (χ0v) is 17.1. The number of aryl methyl sites for hydroxylation is 2. The highest BCUT2D eigenvalue weighted by Gasteiger charge is 2.32. The number of amides is 2. The first-order chi connectivity index (χ1) is 14.1. The van der Waals surface area contributed by atoms with Crippen LogP contribution in [-0.4, -0.2) is 23.3 Å². The molecule has 1 atom stereocenters. The number of anilines is 1. The Balaban J connectivity index is 1.36. The van der Waals surface area contributed by atoms with E-state index < -0.39 is 0 Å². The first-order valence-electron chi connectivity index (χ1n) is 9.79. The predicted molar refractivity (Wildman–Crippen MR) is 115 cm³/mol. The molecular formula is C23H23N3O2S. The summed E-state index contributed by atoms with van der Waals surface area (Å²) >= 11 is 1.47. The second kappa shape index (κ2) is 8.57. The molecule has 148 valence electrons. The van der Waals surface area contributed by atoms with E-state index >= 15 is 0 Å². The van der Waals surface area contributed by atoms with Crippen molar-refractivity contribution in [1.29, 1.82) is 0 Å². The van der Waals surface area contributed by atoms with Gasteiger partial charge in [-0.2, -0.15) is 0 Å². The third kappa shape index (κ3) is 4.54. The normalized spacial score (nSPS) is 15.0. The van der Waals surface area contributed by atoms with Gasteiger partial charge in [-0.1, -0.05) is 48.0 Å². The lowest BCUT2D eigenvalue weighted by Gasteiger charge is -2.11. The molecule has 1 aromatic heterocycles. The predicted octanol–water partition coefficient (Wildman–Crippen LogP) is 4.09. The summed E-state index contributed by atoms with van der Waals surface area (Å²) in [6.07, 6.45) is 2.41. The standard InChI is InChI=1S/C23H23N3O2S/c1-15-7-9-17(10-8-15)21(27)26-23-25-20-18(11-12-19(20)29-23)22(28)24-14-13-16-5-3-2-4-6-16/h2-10,18H,11-14H2,1H3,(H,24,28)(H,25,26,27)/t18-/m1/s1. The van der Waals surface area contributed by atoms with Crippen molar-refractivity contribution in [3.8, 4) is 0 Å². The molecule has 0 saturated heterocycles.